The van der Waals surface area contributed by atoms with Crippen LogP contribution in [-0.2, 0) is 10.0 Å². The van der Waals surface area contributed by atoms with Gasteiger partial charge in [-0.15, -0.1) is 0 Å². The molecule has 4 N–H and O–H groups in total. The SMILES string of the molecule is Nc1cccc(Cl)c1S(=O)(=O)Nc1cccc2[nH]ncc12. The Balaban J connectivity index is 2.10. The van der Waals surface area contributed by atoms with Crippen LogP contribution >= 0.6 is 11.6 Å². The van der Waals surface area contributed by atoms with Crippen molar-refractivity contribution in [1.29, 1.82) is 0 Å². The average molecular weight is 323 g/mol. The molecule has 6 nitrogen and oxygen atoms in total. The summed E-state index contributed by atoms with van der Waals surface area (Å²) in [6.07, 6.45) is 1.54. The third-order valence-electron chi connectivity index (χ3n) is 3.00. The first kappa shape index (κ1) is 13.7. The van der Waals surface area contributed by atoms with E-state index in [1.807, 2.05) is 0 Å². The van der Waals surface area contributed by atoms with Crippen molar-refractivity contribution in [2.45, 2.75) is 4.90 Å². The number of nitrogens with one attached hydrogen (secondary N) is 2. The number of benzene rings is 2. The molecule has 3 aromatic rings. The monoisotopic (exact) mass is 322 g/mol. The topological polar surface area (TPSA) is 101 Å². The van der Waals surface area contributed by atoms with E-state index in [-0.39, 0.29) is 15.6 Å². The van der Waals surface area contributed by atoms with Crippen LogP contribution in [0.5, 0.6) is 0 Å². The van der Waals surface area contributed by atoms with E-state index < -0.39 is 10.0 Å². The molecule has 1 aromatic heterocycles. The second-order valence-electron chi connectivity index (χ2n) is 4.40. The second-order valence-corrected chi connectivity index (χ2v) is 6.43. The molecular weight excluding hydrogens is 312 g/mol. The lowest BCUT2D eigenvalue weighted by molar-refractivity contribution is 0.601. The van der Waals surface area contributed by atoms with E-state index >= 15 is 0 Å². The van der Waals surface area contributed by atoms with E-state index in [2.05, 4.69) is 14.9 Å². The third-order valence-corrected chi connectivity index (χ3v) is 4.90. The van der Waals surface area contributed by atoms with Gasteiger partial charge in [0, 0.05) is 5.39 Å². The predicted octanol–water partition coefficient (Wildman–Crippen LogP) is 2.60. The minimum absolute atomic E-state index is 0.0712. The van der Waals surface area contributed by atoms with Crippen molar-refractivity contribution < 1.29 is 8.42 Å². The average Bonchev–Trinajstić information content (AvgIpc) is 2.87. The number of hydrogen-bond donors (Lipinski definition) is 3. The molecule has 0 amide bonds. The first-order chi connectivity index (χ1) is 9.99. The molecule has 0 aliphatic heterocycles. The van der Waals surface area contributed by atoms with Gasteiger partial charge >= 0.3 is 0 Å². The van der Waals surface area contributed by atoms with Gasteiger partial charge in [0.05, 0.1) is 28.1 Å². The molecule has 0 saturated carbocycles. The van der Waals surface area contributed by atoms with Gasteiger partial charge in [0.25, 0.3) is 10.0 Å². The van der Waals surface area contributed by atoms with Crippen LogP contribution in [0.4, 0.5) is 11.4 Å². The molecule has 0 unspecified atom stereocenters. The molecule has 0 aliphatic rings. The number of fused-ring (bicyclic) bond motifs is 1. The number of sulfonamides is 1. The zero-order valence-electron chi connectivity index (χ0n) is 10.7. The smallest absolute Gasteiger partial charge is 0.265 e. The van der Waals surface area contributed by atoms with Crippen molar-refractivity contribution in [2.24, 2.45) is 0 Å². The second kappa shape index (κ2) is 4.94. The fraction of sp³-hybridized carbons (Fsp3) is 0. The number of aromatic amines is 1. The van der Waals surface area contributed by atoms with E-state index in [9.17, 15) is 8.42 Å². The highest BCUT2D eigenvalue weighted by Gasteiger charge is 2.22. The number of H-pyrrole nitrogens is 1. The van der Waals surface area contributed by atoms with Crippen molar-refractivity contribution in [3.8, 4) is 0 Å². The molecule has 0 radical (unpaired) electrons. The molecule has 108 valence electrons. The van der Waals surface area contributed by atoms with Crippen LogP contribution in [0.2, 0.25) is 5.02 Å². The normalized spacial score (nSPS) is 11.7. The van der Waals surface area contributed by atoms with Crippen LogP contribution < -0.4 is 10.5 Å². The molecule has 8 heteroatoms. The molecule has 0 bridgehead atoms. The number of halogens is 1. The maximum Gasteiger partial charge on any atom is 0.265 e. The fourth-order valence-corrected chi connectivity index (χ4v) is 3.82. The van der Waals surface area contributed by atoms with Crippen LogP contribution in [0.15, 0.2) is 47.5 Å². The van der Waals surface area contributed by atoms with E-state index in [0.717, 1.165) is 5.52 Å². The number of aromatic nitrogens is 2. The summed E-state index contributed by atoms with van der Waals surface area (Å²) in [7, 11) is -3.89. The van der Waals surface area contributed by atoms with Gasteiger partial charge in [0.15, 0.2) is 0 Å². The van der Waals surface area contributed by atoms with E-state index in [1.54, 1.807) is 30.5 Å². The Bertz CT molecular complexity index is 901. The van der Waals surface area contributed by atoms with E-state index in [4.69, 9.17) is 17.3 Å². The quantitative estimate of drug-likeness (QED) is 0.645. The number of anilines is 2. The molecule has 0 saturated heterocycles. The molecule has 0 atom stereocenters. The van der Waals surface area contributed by atoms with E-state index in [1.165, 1.54) is 12.1 Å². The largest absolute Gasteiger partial charge is 0.398 e. The summed E-state index contributed by atoms with van der Waals surface area (Å²) in [5, 5.41) is 7.39. The van der Waals surface area contributed by atoms with Gasteiger partial charge in [-0.05, 0) is 24.3 Å². The van der Waals surface area contributed by atoms with Gasteiger partial charge in [0.1, 0.15) is 4.90 Å². The van der Waals surface area contributed by atoms with Crippen molar-refractivity contribution in [2.75, 3.05) is 10.5 Å². The highest BCUT2D eigenvalue weighted by Crippen LogP contribution is 2.30. The minimum Gasteiger partial charge on any atom is -0.398 e. The summed E-state index contributed by atoms with van der Waals surface area (Å²) in [4.78, 5) is -0.132. The lowest BCUT2D eigenvalue weighted by Gasteiger charge is -2.12. The standard InChI is InChI=1S/C13H11ClN4O2S/c14-9-3-1-4-10(15)13(9)21(19,20)18-12-6-2-5-11-8(12)7-16-17-11/h1-7,18H,15H2,(H,16,17). The van der Waals surface area contributed by atoms with Gasteiger partial charge in [0.2, 0.25) is 0 Å². The summed E-state index contributed by atoms with van der Waals surface area (Å²) < 4.78 is 27.5. The lowest BCUT2D eigenvalue weighted by atomic mass is 10.2. The van der Waals surface area contributed by atoms with Crippen LogP contribution in [0.25, 0.3) is 10.9 Å². The zero-order valence-corrected chi connectivity index (χ0v) is 12.2. The summed E-state index contributed by atoms with van der Waals surface area (Å²) in [5.41, 5.74) is 6.95. The maximum absolute atomic E-state index is 12.5. The Morgan fingerprint density at radius 1 is 1.19 bits per heavy atom. The molecular formula is C13H11ClN4O2S. The van der Waals surface area contributed by atoms with Crippen molar-refractivity contribution in [3.63, 3.8) is 0 Å². The van der Waals surface area contributed by atoms with Crippen LogP contribution in [0.1, 0.15) is 0 Å². The van der Waals surface area contributed by atoms with Gasteiger partial charge in [-0.25, -0.2) is 8.42 Å². The molecule has 1 heterocycles. The van der Waals surface area contributed by atoms with Crippen LogP contribution in [0.3, 0.4) is 0 Å². The van der Waals surface area contributed by atoms with Crippen LogP contribution in [-0.4, -0.2) is 18.6 Å². The first-order valence-electron chi connectivity index (χ1n) is 5.98. The Morgan fingerprint density at radius 3 is 2.71 bits per heavy atom. The Hall–Kier alpha value is -2.25. The molecule has 0 spiro atoms. The summed E-state index contributed by atoms with van der Waals surface area (Å²) in [6.45, 7) is 0. The lowest BCUT2D eigenvalue weighted by Crippen LogP contribution is -2.15. The number of nitrogens with zero attached hydrogens (tertiary/aromatic N) is 1. The zero-order chi connectivity index (χ0) is 15.0. The van der Waals surface area contributed by atoms with Gasteiger partial charge in [-0.1, -0.05) is 23.7 Å². The number of rotatable bonds is 3. The summed E-state index contributed by atoms with van der Waals surface area (Å²) in [6, 6.07) is 9.71. The molecule has 3 rings (SSSR count). The molecule has 0 aliphatic carbocycles. The highest BCUT2D eigenvalue weighted by molar-refractivity contribution is 7.93. The summed E-state index contributed by atoms with van der Waals surface area (Å²) >= 11 is 5.96. The molecule has 0 fully saturated rings. The fourth-order valence-electron chi connectivity index (χ4n) is 2.06. The summed E-state index contributed by atoms with van der Waals surface area (Å²) in [5.74, 6) is 0. The van der Waals surface area contributed by atoms with Gasteiger partial charge in [-0.3, -0.25) is 9.82 Å². The number of nitrogens with two attached hydrogens (primary N) is 1. The van der Waals surface area contributed by atoms with Crippen molar-refractivity contribution >= 4 is 43.9 Å². The van der Waals surface area contributed by atoms with Crippen LogP contribution in [0, 0.1) is 0 Å². The highest BCUT2D eigenvalue weighted by atomic mass is 35.5. The number of nitrogen functional groups attached to an aromatic ring is 1. The first-order valence-corrected chi connectivity index (χ1v) is 7.84. The van der Waals surface area contributed by atoms with Crippen molar-refractivity contribution in [3.05, 3.63) is 47.6 Å². The Morgan fingerprint density at radius 2 is 1.95 bits per heavy atom. The Labute approximate surface area is 126 Å². The van der Waals surface area contributed by atoms with Crippen molar-refractivity contribution in [1.82, 2.24) is 10.2 Å². The maximum atomic E-state index is 12.5. The Kier molecular flexibility index (Phi) is 3.23. The van der Waals surface area contributed by atoms with E-state index in [0.29, 0.717) is 11.1 Å². The van der Waals surface area contributed by atoms with Gasteiger partial charge in [-0.2, -0.15) is 5.10 Å². The third kappa shape index (κ3) is 2.41. The van der Waals surface area contributed by atoms with Gasteiger partial charge < -0.3 is 5.73 Å². The number of hydrogen-bond acceptors (Lipinski definition) is 4. The minimum atomic E-state index is -3.89. The molecule has 21 heavy (non-hydrogen) atoms. The molecule has 2 aromatic carbocycles. The predicted molar refractivity (Wildman–Crippen MR) is 82.8 cm³/mol.